The van der Waals surface area contributed by atoms with Crippen molar-refractivity contribution in [2.45, 2.75) is 25.7 Å². The van der Waals surface area contributed by atoms with Crippen LogP contribution in [-0.2, 0) is 16.6 Å². The summed E-state index contributed by atoms with van der Waals surface area (Å²) >= 11 is 0. The van der Waals surface area contributed by atoms with Gasteiger partial charge in [-0.25, -0.2) is 9.69 Å². The van der Waals surface area contributed by atoms with Crippen LogP contribution in [0.5, 0.6) is 0 Å². The van der Waals surface area contributed by atoms with E-state index in [4.69, 9.17) is 9.73 Å². The molecule has 11 nitrogen and oxygen atoms in total. The van der Waals surface area contributed by atoms with E-state index in [1.165, 1.54) is 12.0 Å². The van der Waals surface area contributed by atoms with Crippen molar-refractivity contribution < 1.29 is 19.4 Å². The van der Waals surface area contributed by atoms with Crippen LogP contribution in [0.2, 0.25) is 0 Å². The lowest BCUT2D eigenvalue weighted by molar-refractivity contribution is -0.179. The smallest absolute Gasteiger partial charge is 0.320 e. The van der Waals surface area contributed by atoms with Crippen molar-refractivity contribution >= 4 is 28.7 Å². The van der Waals surface area contributed by atoms with Crippen molar-refractivity contribution in [1.29, 1.82) is 0 Å². The number of amidine groups is 1. The monoisotopic (exact) mass is 559 g/mol. The number of rotatable bonds is 6. The molecule has 0 spiro atoms. The van der Waals surface area contributed by atoms with Crippen molar-refractivity contribution in [2.75, 3.05) is 53.0 Å². The van der Waals surface area contributed by atoms with E-state index in [-0.39, 0.29) is 31.1 Å². The van der Waals surface area contributed by atoms with Gasteiger partial charge in [0, 0.05) is 57.8 Å². The molecule has 1 N–H and O–H groups in total. The third kappa shape index (κ3) is 5.57. The number of urea groups is 1. The Hall–Kier alpha value is -3.80. The highest BCUT2D eigenvalue weighted by atomic mass is 16.6. The van der Waals surface area contributed by atoms with Gasteiger partial charge in [0.05, 0.1) is 24.9 Å². The Kier molecular flexibility index (Phi) is 7.74. The topological polar surface area (TPSA) is 107 Å². The van der Waals surface area contributed by atoms with E-state index < -0.39 is 6.41 Å². The lowest BCUT2D eigenvalue weighted by atomic mass is 10.0. The van der Waals surface area contributed by atoms with Crippen LogP contribution >= 0.6 is 0 Å². The van der Waals surface area contributed by atoms with Gasteiger partial charge in [-0.05, 0) is 48.4 Å². The van der Waals surface area contributed by atoms with Crippen LogP contribution in [0.4, 0.5) is 4.79 Å². The van der Waals surface area contributed by atoms with Crippen molar-refractivity contribution in [3.8, 4) is 11.1 Å². The van der Waals surface area contributed by atoms with E-state index in [1.54, 1.807) is 4.90 Å². The molecule has 0 saturated carbocycles. The van der Waals surface area contributed by atoms with E-state index in [0.717, 1.165) is 59.9 Å². The highest BCUT2D eigenvalue weighted by Gasteiger charge is 2.35. The summed E-state index contributed by atoms with van der Waals surface area (Å²) < 4.78 is 6.93. The first-order valence-corrected chi connectivity index (χ1v) is 14.3. The predicted molar refractivity (Wildman–Crippen MR) is 155 cm³/mol. The maximum atomic E-state index is 13.6. The quantitative estimate of drug-likeness (QED) is 0.466. The molecule has 2 unspecified atom stereocenters. The fraction of sp³-hybridized carbons (Fsp3) is 0.467. The van der Waals surface area contributed by atoms with Crippen molar-refractivity contribution in [2.24, 2.45) is 18.0 Å². The molecule has 4 heterocycles. The molecule has 0 aliphatic carbocycles. The van der Waals surface area contributed by atoms with Gasteiger partial charge < -0.3 is 19.6 Å². The molecule has 41 heavy (non-hydrogen) atoms. The van der Waals surface area contributed by atoms with E-state index >= 15 is 0 Å². The Bertz CT molecular complexity index is 1450. The van der Waals surface area contributed by atoms with Crippen LogP contribution < -0.4 is 0 Å². The van der Waals surface area contributed by atoms with E-state index in [1.807, 2.05) is 52.0 Å². The number of hydrogen-bond donors (Lipinski definition) is 1. The van der Waals surface area contributed by atoms with Crippen LogP contribution in [0.1, 0.15) is 24.8 Å². The largest absolute Gasteiger partial charge is 0.356 e. The summed E-state index contributed by atoms with van der Waals surface area (Å²) in [5.41, 5.74) is 4.02. The van der Waals surface area contributed by atoms with E-state index in [9.17, 15) is 14.7 Å². The number of aromatic nitrogens is 2. The van der Waals surface area contributed by atoms with Crippen LogP contribution in [0.3, 0.4) is 0 Å². The van der Waals surface area contributed by atoms with Crippen molar-refractivity contribution in [1.82, 2.24) is 29.4 Å². The second-order valence-electron chi connectivity index (χ2n) is 11.1. The molecule has 3 amide bonds. The zero-order valence-corrected chi connectivity index (χ0v) is 23.6. The highest BCUT2D eigenvalue weighted by molar-refractivity contribution is 6.09. The number of hydrogen-bond acceptors (Lipinski definition) is 7. The molecule has 3 aromatic rings. The van der Waals surface area contributed by atoms with E-state index in [0.29, 0.717) is 25.5 Å². The highest BCUT2D eigenvalue weighted by Crippen LogP contribution is 2.27. The number of amides is 3. The zero-order chi connectivity index (χ0) is 28.5. The molecule has 0 bridgehead atoms. The van der Waals surface area contributed by atoms with Crippen LogP contribution in [-0.4, -0.2) is 112 Å². The molecular weight excluding hydrogens is 522 g/mol. The maximum Gasteiger partial charge on any atom is 0.320 e. The number of aryl methyl sites for hydroxylation is 1. The summed E-state index contributed by atoms with van der Waals surface area (Å²) in [5, 5.41) is 15.7. The average molecular weight is 560 g/mol. The van der Waals surface area contributed by atoms with Gasteiger partial charge in [-0.3, -0.25) is 19.4 Å². The minimum Gasteiger partial charge on any atom is -0.356 e. The molecule has 2 atom stereocenters. The van der Waals surface area contributed by atoms with Gasteiger partial charge in [0.1, 0.15) is 5.84 Å². The number of carbonyl (C=O) groups excluding carboxylic acids is 2. The Balaban J connectivity index is 1.23. The normalized spacial score (nSPS) is 21.0. The Labute approximate surface area is 239 Å². The minimum atomic E-state index is -1.23. The number of ether oxygens (including phenoxy) is 1. The predicted octanol–water partition coefficient (Wildman–Crippen LogP) is 2.55. The van der Waals surface area contributed by atoms with Gasteiger partial charge in [0.2, 0.25) is 12.3 Å². The van der Waals surface area contributed by atoms with Gasteiger partial charge in [0.15, 0.2) is 0 Å². The molecule has 6 rings (SSSR count). The summed E-state index contributed by atoms with van der Waals surface area (Å²) in [6, 6.07) is 14.4. The molecular formula is C30H37N7O4. The number of aliphatic imine (C=N–C) groups is 1. The molecule has 216 valence electrons. The van der Waals surface area contributed by atoms with Gasteiger partial charge in [0.25, 0.3) is 0 Å². The van der Waals surface area contributed by atoms with Gasteiger partial charge in [-0.15, -0.1) is 0 Å². The van der Waals surface area contributed by atoms with Gasteiger partial charge in [-0.1, -0.05) is 30.3 Å². The molecule has 3 aliphatic rings. The summed E-state index contributed by atoms with van der Waals surface area (Å²) in [4.78, 5) is 38.4. The fourth-order valence-corrected chi connectivity index (χ4v) is 6.08. The first kappa shape index (κ1) is 27.4. The number of benzene rings is 2. The van der Waals surface area contributed by atoms with Crippen molar-refractivity contribution in [3.05, 3.63) is 54.2 Å². The first-order chi connectivity index (χ1) is 19.9. The SMILES string of the molecule is COC(O)N1CN=C(c2ccc(-c3ccc4c(cnn4C)c3)cc2)N(CC2CCN(C(=O)N3CCCC3)C2)C(=O)C1. The molecule has 2 saturated heterocycles. The first-order valence-electron chi connectivity index (χ1n) is 14.3. The van der Waals surface area contributed by atoms with Crippen LogP contribution in [0.25, 0.3) is 22.0 Å². The summed E-state index contributed by atoms with van der Waals surface area (Å²) in [7, 11) is 3.33. The van der Waals surface area contributed by atoms with Gasteiger partial charge in [-0.2, -0.15) is 5.10 Å². The number of aliphatic hydroxyl groups excluding tert-OH is 1. The molecule has 2 fully saturated rings. The summed E-state index contributed by atoms with van der Waals surface area (Å²) in [5.74, 6) is 0.548. The Morgan fingerprint density at radius 3 is 2.54 bits per heavy atom. The molecule has 0 radical (unpaired) electrons. The van der Waals surface area contributed by atoms with Crippen molar-refractivity contribution in [3.63, 3.8) is 0 Å². The standard InChI is InChI=1S/C30H37N7O4/c1-33-26-10-9-24(15-25(26)16-32-33)22-5-7-23(8-6-22)28-31-20-36(30(40)41-2)19-27(38)37(28)18-21-11-14-35(17-21)29(39)34-12-3-4-13-34/h5-10,15-16,21,30,40H,3-4,11-14,17-20H2,1-2H3. The molecule has 1 aromatic heterocycles. The van der Waals surface area contributed by atoms with Gasteiger partial charge >= 0.3 is 6.03 Å². The Morgan fingerprint density at radius 1 is 1.05 bits per heavy atom. The number of aliphatic hydroxyl groups is 1. The summed E-state index contributed by atoms with van der Waals surface area (Å²) in [6.07, 6.45) is 3.59. The second kappa shape index (κ2) is 11.6. The Morgan fingerprint density at radius 2 is 1.78 bits per heavy atom. The third-order valence-corrected chi connectivity index (χ3v) is 8.42. The minimum absolute atomic E-state index is 0.0195. The lowest BCUT2D eigenvalue weighted by Crippen LogP contribution is -2.46. The van der Waals surface area contributed by atoms with Crippen LogP contribution in [0.15, 0.2) is 53.7 Å². The molecule has 11 heteroatoms. The third-order valence-electron chi connectivity index (χ3n) is 8.42. The number of nitrogens with zero attached hydrogens (tertiary/aromatic N) is 7. The van der Waals surface area contributed by atoms with Crippen LogP contribution in [0, 0.1) is 5.92 Å². The van der Waals surface area contributed by atoms with E-state index in [2.05, 4.69) is 23.3 Å². The summed E-state index contributed by atoms with van der Waals surface area (Å²) in [6.45, 7) is 3.52. The maximum absolute atomic E-state index is 13.6. The number of carbonyl (C=O) groups is 2. The number of methoxy groups -OCH3 is 1. The molecule has 3 aliphatic heterocycles. The number of likely N-dealkylation sites (tertiary alicyclic amines) is 2. The lowest BCUT2D eigenvalue weighted by Gasteiger charge is -2.28. The molecule has 2 aromatic carbocycles. The average Bonchev–Trinajstić information content (AvgIpc) is 3.75. The second-order valence-corrected chi connectivity index (χ2v) is 11.1. The fourth-order valence-electron chi connectivity index (χ4n) is 6.08. The zero-order valence-electron chi connectivity index (χ0n) is 23.6. The number of fused-ring (bicyclic) bond motifs is 1.